The number of hydrogen-bond acceptors (Lipinski definition) is 5. The zero-order valence-electron chi connectivity index (χ0n) is 18.4. The van der Waals surface area contributed by atoms with Gasteiger partial charge in [-0.3, -0.25) is 4.79 Å². The fourth-order valence-electron chi connectivity index (χ4n) is 4.07. The normalized spacial score (nSPS) is 14.4. The monoisotopic (exact) mass is 489 g/mol. The minimum absolute atomic E-state index is 0.00389. The number of aromatic nitrogens is 2. The van der Waals surface area contributed by atoms with Crippen LogP contribution in [0.4, 0.5) is 24.5 Å². The Morgan fingerprint density at radius 2 is 1.79 bits per heavy atom. The van der Waals surface area contributed by atoms with Crippen molar-refractivity contribution in [3.05, 3.63) is 98.7 Å². The lowest BCUT2D eigenvalue weighted by molar-refractivity contribution is -0.138. The molecule has 0 bridgehead atoms. The van der Waals surface area contributed by atoms with E-state index in [0.29, 0.717) is 24.4 Å². The molecule has 2 aromatic carbocycles. The molecule has 0 aliphatic carbocycles. The van der Waals surface area contributed by atoms with Gasteiger partial charge in [-0.2, -0.15) is 18.3 Å². The van der Waals surface area contributed by atoms with Gasteiger partial charge in [-0.05, 0) is 23.8 Å². The molecule has 3 aromatic rings. The van der Waals surface area contributed by atoms with Gasteiger partial charge in [0, 0.05) is 43.6 Å². The lowest BCUT2D eigenvalue weighted by atomic mass is 10.0. The van der Waals surface area contributed by atoms with Crippen LogP contribution in [0.15, 0.2) is 77.0 Å². The number of nitrogens with zero attached hydrogens (tertiary/aromatic N) is 4. The molecule has 1 aliphatic heterocycles. The standard InChI is InChI=1S/C24H23ClF3N5O/c1-31-23(34)22(25)21(13-30-31)32-12-11-20(19(29)15-32)33(17-8-3-2-4-9-17)14-16-7-5-6-10-18(16)24(26,27)28/h2-10,13H,11-12,14-15,29H2,1H3. The van der Waals surface area contributed by atoms with Crippen molar-refractivity contribution < 1.29 is 13.2 Å². The molecule has 2 N–H and O–H groups in total. The maximum Gasteiger partial charge on any atom is 0.416 e. The van der Waals surface area contributed by atoms with E-state index in [4.69, 9.17) is 17.3 Å². The average Bonchev–Trinajstić information content (AvgIpc) is 2.81. The molecule has 1 aromatic heterocycles. The van der Waals surface area contributed by atoms with E-state index in [0.717, 1.165) is 22.1 Å². The van der Waals surface area contributed by atoms with Crippen molar-refractivity contribution in [1.29, 1.82) is 0 Å². The molecular weight excluding hydrogens is 467 g/mol. The molecule has 0 amide bonds. The summed E-state index contributed by atoms with van der Waals surface area (Å²) >= 11 is 6.25. The third kappa shape index (κ3) is 4.75. The van der Waals surface area contributed by atoms with Gasteiger partial charge in [0.2, 0.25) is 0 Å². The van der Waals surface area contributed by atoms with Crippen LogP contribution in [0.5, 0.6) is 0 Å². The summed E-state index contributed by atoms with van der Waals surface area (Å²) in [4.78, 5) is 15.9. The summed E-state index contributed by atoms with van der Waals surface area (Å²) in [7, 11) is 1.51. The highest BCUT2D eigenvalue weighted by Gasteiger charge is 2.34. The highest BCUT2D eigenvalue weighted by atomic mass is 35.5. The van der Waals surface area contributed by atoms with Gasteiger partial charge in [0.15, 0.2) is 0 Å². The SMILES string of the molecule is Cn1ncc(N2CCC(N(Cc3ccccc3C(F)(F)F)c3ccccc3)=C(N)C2)c(Cl)c1=O. The Hall–Kier alpha value is -3.46. The number of benzene rings is 2. The first-order chi connectivity index (χ1) is 16.2. The summed E-state index contributed by atoms with van der Waals surface area (Å²) < 4.78 is 42.1. The van der Waals surface area contributed by atoms with Crippen molar-refractivity contribution in [3.63, 3.8) is 0 Å². The van der Waals surface area contributed by atoms with E-state index in [2.05, 4.69) is 5.10 Å². The molecular formula is C24H23ClF3N5O. The summed E-state index contributed by atoms with van der Waals surface area (Å²) in [6.45, 7) is 0.729. The van der Waals surface area contributed by atoms with Crippen LogP contribution >= 0.6 is 11.6 Å². The number of aryl methyl sites for hydroxylation is 1. The summed E-state index contributed by atoms with van der Waals surface area (Å²) in [5.74, 6) is 0. The predicted octanol–water partition coefficient (Wildman–Crippen LogP) is 4.54. The van der Waals surface area contributed by atoms with Gasteiger partial charge in [-0.15, -0.1) is 0 Å². The maximum atomic E-state index is 13.7. The van der Waals surface area contributed by atoms with Gasteiger partial charge in [0.1, 0.15) is 5.02 Å². The summed E-state index contributed by atoms with van der Waals surface area (Å²) in [5.41, 5.74) is 7.95. The number of halogens is 4. The number of nitrogens with two attached hydrogens (primary N) is 1. The second kappa shape index (κ2) is 9.42. The van der Waals surface area contributed by atoms with Crippen LogP contribution in [0.25, 0.3) is 0 Å². The molecule has 0 spiro atoms. The minimum atomic E-state index is -4.47. The van der Waals surface area contributed by atoms with Crippen molar-refractivity contribution in [3.8, 4) is 0 Å². The van der Waals surface area contributed by atoms with Crippen LogP contribution in [0.3, 0.4) is 0 Å². The van der Waals surface area contributed by atoms with Crippen LogP contribution < -0.4 is 21.1 Å². The molecule has 0 atom stereocenters. The maximum absolute atomic E-state index is 13.7. The Morgan fingerprint density at radius 3 is 2.47 bits per heavy atom. The van der Waals surface area contributed by atoms with Gasteiger partial charge in [-0.1, -0.05) is 48.0 Å². The lowest BCUT2D eigenvalue weighted by Crippen LogP contribution is -2.40. The molecule has 1 aliphatic rings. The number of rotatable bonds is 5. The van der Waals surface area contributed by atoms with E-state index in [-0.39, 0.29) is 23.7 Å². The zero-order valence-corrected chi connectivity index (χ0v) is 19.1. The Morgan fingerprint density at radius 1 is 1.12 bits per heavy atom. The quantitative estimate of drug-likeness (QED) is 0.570. The summed E-state index contributed by atoms with van der Waals surface area (Å²) in [5, 5.41) is 4.08. The third-order valence-corrected chi connectivity index (χ3v) is 6.15. The highest BCUT2D eigenvalue weighted by Crippen LogP contribution is 2.35. The topological polar surface area (TPSA) is 67.4 Å². The number of para-hydroxylation sites is 1. The van der Waals surface area contributed by atoms with Gasteiger partial charge in [0.25, 0.3) is 5.56 Å². The summed E-state index contributed by atoms with van der Waals surface area (Å²) in [6.07, 6.45) is -2.51. The van der Waals surface area contributed by atoms with Crippen LogP contribution in [-0.4, -0.2) is 22.9 Å². The van der Waals surface area contributed by atoms with Gasteiger partial charge >= 0.3 is 6.18 Å². The molecule has 178 valence electrons. The van der Waals surface area contributed by atoms with Gasteiger partial charge in [0.05, 0.1) is 24.0 Å². The zero-order chi connectivity index (χ0) is 24.5. The van der Waals surface area contributed by atoms with Crippen molar-refractivity contribution in [2.24, 2.45) is 12.8 Å². The Balaban J connectivity index is 1.71. The third-order valence-electron chi connectivity index (χ3n) is 5.80. The Bertz CT molecular complexity index is 1270. The van der Waals surface area contributed by atoms with Crippen molar-refractivity contribution in [2.75, 3.05) is 22.9 Å². The largest absolute Gasteiger partial charge is 0.416 e. The van der Waals surface area contributed by atoms with Crippen LogP contribution in [0.1, 0.15) is 17.5 Å². The van der Waals surface area contributed by atoms with Crippen LogP contribution in [-0.2, 0) is 19.8 Å². The Labute approximate surface area is 199 Å². The number of alkyl halides is 3. The molecule has 0 saturated carbocycles. The first-order valence-corrected chi connectivity index (χ1v) is 11.0. The fourth-order valence-corrected chi connectivity index (χ4v) is 4.36. The van der Waals surface area contributed by atoms with E-state index in [1.54, 1.807) is 6.07 Å². The van der Waals surface area contributed by atoms with Gasteiger partial charge in [-0.25, -0.2) is 4.68 Å². The van der Waals surface area contributed by atoms with E-state index in [1.807, 2.05) is 40.1 Å². The van der Waals surface area contributed by atoms with Crippen LogP contribution in [0, 0.1) is 0 Å². The first kappa shape index (κ1) is 23.7. The molecule has 4 rings (SSSR count). The second-order valence-corrected chi connectivity index (χ2v) is 8.37. The molecule has 10 heteroatoms. The summed E-state index contributed by atoms with van der Waals surface area (Å²) in [6, 6.07) is 14.7. The smallest absolute Gasteiger partial charge is 0.399 e. The minimum Gasteiger partial charge on any atom is -0.399 e. The van der Waals surface area contributed by atoms with E-state index >= 15 is 0 Å². The van der Waals surface area contributed by atoms with Crippen LogP contribution in [0.2, 0.25) is 5.02 Å². The lowest BCUT2D eigenvalue weighted by Gasteiger charge is -2.37. The highest BCUT2D eigenvalue weighted by molar-refractivity contribution is 6.33. The number of anilines is 2. The molecule has 0 unspecified atom stereocenters. The van der Waals surface area contributed by atoms with Crippen molar-refractivity contribution >= 4 is 23.0 Å². The molecule has 34 heavy (non-hydrogen) atoms. The molecule has 0 radical (unpaired) electrons. The van der Waals surface area contributed by atoms with E-state index in [1.165, 1.54) is 25.4 Å². The Kier molecular flexibility index (Phi) is 6.56. The van der Waals surface area contributed by atoms with E-state index < -0.39 is 17.3 Å². The van der Waals surface area contributed by atoms with Gasteiger partial charge < -0.3 is 15.5 Å². The molecule has 2 heterocycles. The van der Waals surface area contributed by atoms with Crippen molar-refractivity contribution in [1.82, 2.24) is 9.78 Å². The molecule has 0 saturated heterocycles. The van der Waals surface area contributed by atoms with E-state index in [9.17, 15) is 18.0 Å². The second-order valence-electron chi connectivity index (χ2n) is 7.99. The van der Waals surface area contributed by atoms with Crippen molar-refractivity contribution in [2.45, 2.75) is 19.1 Å². The fraction of sp³-hybridized carbons (Fsp3) is 0.250. The molecule has 6 nitrogen and oxygen atoms in total. The predicted molar refractivity (Wildman–Crippen MR) is 127 cm³/mol. The molecule has 0 fully saturated rings. The first-order valence-electron chi connectivity index (χ1n) is 10.6. The number of hydrogen-bond donors (Lipinski definition) is 1. The average molecular weight is 490 g/mol.